The van der Waals surface area contributed by atoms with E-state index in [-0.39, 0.29) is 39.9 Å². The Kier molecular flexibility index (Phi) is 7.73. The molecule has 0 radical (unpaired) electrons. The molecule has 30 heavy (non-hydrogen) atoms. The lowest BCUT2D eigenvalue weighted by Crippen LogP contribution is -2.42. The largest absolute Gasteiger partial charge is 0.369 e. The van der Waals surface area contributed by atoms with Crippen molar-refractivity contribution in [2.75, 3.05) is 38.0 Å². The van der Waals surface area contributed by atoms with Gasteiger partial charge in [-0.25, -0.2) is 8.42 Å². The van der Waals surface area contributed by atoms with Crippen LogP contribution in [0.2, 0.25) is 5.02 Å². The number of primary amides is 1. The van der Waals surface area contributed by atoms with Crippen LogP contribution in [-0.4, -0.2) is 62.2 Å². The van der Waals surface area contributed by atoms with Gasteiger partial charge in [-0.15, -0.1) is 0 Å². The third-order valence-electron chi connectivity index (χ3n) is 5.77. The molecule has 3 rings (SSSR count). The molecule has 2 amide bonds. The highest BCUT2D eigenvalue weighted by Crippen LogP contribution is 2.28. The molecule has 0 bridgehead atoms. The molecule has 166 valence electrons. The first-order chi connectivity index (χ1) is 14.3. The fourth-order valence-electron chi connectivity index (χ4n) is 3.96. The maximum absolute atomic E-state index is 13.0. The van der Waals surface area contributed by atoms with Gasteiger partial charge in [0.25, 0.3) is 0 Å². The van der Waals surface area contributed by atoms with Crippen molar-refractivity contribution in [2.45, 2.75) is 43.4 Å². The number of benzene rings is 1. The second-order valence-electron chi connectivity index (χ2n) is 7.96. The summed E-state index contributed by atoms with van der Waals surface area (Å²) >= 11 is 6.21. The molecule has 2 aliphatic rings. The van der Waals surface area contributed by atoms with E-state index < -0.39 is 10.0 Å². The van der Waals surface area contributed by atoms with E-state index in [1.165, 1.54) is 22.5 Å². The van der Waals surface area contributed by atoms with E-state index in [0.717, 1.165) is 25.7 Å². The summed E-state index contributed by atoms with van der Waals surface area (Å²) in [5.74, 6) is -0.716. The van der Waals surface area contributed by atoms with E-state index in [4.69, 9.17) is 17.3 Å². The smallest absolute Gasteiger partial charge is 0.243 e. The molecule has 0 spiro atoms. The first kappa shape index (κ1) is 23.0. The highest BCUT2D eigenvalue weighted by Gasteiger charge is 2.27. The third-order valence-corrected chi connectivity index (χ3v) is 8.00. The molecule has 2 heterocycles. The predicted molar refractivity (Wildman–Crippen MR) is 116 cm³/mol. The van der Waals surface area contributed by atoms with Gasteiger partial charge in [-0.2, -0.15) is 4.31 Å². The first-order valence-corrected chi connectivity index (χ1v) is 12.2. The van der Waals surface area contributed by atoms with Crippen LogP contribution in [0.15, 0.2) is 23.1 Å². The molecule has 0 aliphatic carbocycles. The number of anilines is 1. The van der Waals surface area contributed by atoms with Crippen molar-refractivity contribution in [3.8, 4) is 0 Å². The van der Waals surface area contributed by atoms with Crippen molar-refractivity contribution in [3.05, 3.63) is 23.2 Å². The van der Waals surface area contributed by atoms with Crippen LogP contribution in [0, 0.1) is 5.92 Å². The second-order valence-corrected chi connectivity index (χ2v) is 10.3. The average molecular weight is 457 g/mol. The Bertz CT molecular complexity index is 877. The van der Waals surface area contributed by atoms with Gasteiger partial charge in [0.05, 0.1) is 22.2 Å². The summed E-state index contributed by atoms with van der Waals surface area (Å²) in [6.45, 7) is 2.38. The molecule has 8 nitrogen and oxygen atoms in total. The van der Waals surface area contributed by atoms with Crippen molar-refractivity contribution in [1.29, 1.82) is 0 Å². The van der Waals surface area contributed by atoms with Crippen molar-refractivity contribution < 1.29 is 18.0 Å². The highest BCUT2D eigenvalue weighted by molar-refractivity contribution is 7.89. The second kappa shape index (κ2) is 10.1. The molecule has 1 aromatic carbocycles. The monoisotopic (exact) mass is 456 g/mol. The van der Waals surface area contributed by atoms with E-state index in [1.807, 2.05) is 4.90 Å². The molecule has 0 unspecified atom stereocenters. The number of piperidine rings is 1. The van der Waals surface area contributed by atoms with Gasteiger partial charge >= 0.3 is 0 Å². The van der Waals surface area contributed by atoms with Gasteiger partial charge in [0.1, 0.15) is 0 Å². The molecule has 0 aromatic heterocycles. The van der Waals surface area contributed by atoms with Crippen molar-refractivity contribution in [2.24, 2.45) is 11.7 Å². The molecule has 2 saturated heterocycles. The number of hydrogen-bond donors (Lipinski definition) is 2. The summed E-state index contributed by atoms with van der Waals surface area (Å²) in [6.07, 6.45) is 5.03. The number of sulfonamides is 1. The zero-order valence-electron chi connectivity index (χ0n) is 17.0. The van der Waals surface area contributed by atoms with Crippen LogP contribution in [0.5, 0.6) is 0 Å². The summed E-state index contributed by atoms with van der Waals surface area (Å²) < 4.78 is 27.5. The number of carbonyl (C=O) groups is 2. The fraction of sp³-hybridized carbons (Fsp3) is 0.600. The number of amides is 2. The van der Waals surface area contributed by atoms with Gasteiger partial charge in [0.2, 0.25) is 21.8 Å². The number of likely N-dealkylation sites (tertiary alicyclic amines) is 1. The Balaban J connectivity index is 1.65. The van der Waals surface area contributed by atoms with Crippen molar-refractivity contribution >= 4 is 39.1 Å². The van der Waals surface area contributed by atoms with Gasteiger partial charge < -0.3 is 11.1 Å². The first-order valence-electron chi connectivity index (χ1n) is 10.4. The normalized spacial score (nSPS) is 19.9. The van der Waals surface area contributed by atoms with Crippen LogP contribution in [0.25, 0.3) is 0 Å². The van der Waals surface area contributed by atoms with Crippen molar-refractivity contribution in [3.63, 3.8) is 0 Å². The molecule has 1 aromatic rings. The Morgan fingerprint density at radius 2 is 1.70 bits per heavy atom. The lowest BCUT2D eigenvalue weighted by molar-refractivity contribution is -0.123. The molecule has 2 aliphatic heterocycles. The van der Waals surface area contributed by atoms with Crippen LogP contribution in [-0.2, 0) is 19.6 Å². The van der Waals surface area contributed by atoms with Crippen LogP contribution in [0.1, 0.15) is 38.5 Å². The van der Waals surface area contributed by atoms with E-state index in [0.29, 0.717) is 39.0 Å². The molecule has 3 N–H and O–H groups in total. The molecular weight excluding hydrogens is 428 g/mol. The van der Waals surface area contributed by atoms with Crippen LogP contribution in [0.3, 0.4) is 0 Å². The Labute approximate surface area is 182 Å². The van der Waals surface area contributed by atoms with Crippen LogP contribution < -0.4 is 11.1 Å². The summed E-state index contributed by atoms with van der Waals surface area (Å²) in [4.78, 5) is 25.8. The fourth-order valence-corrected chi connectivity index (χ4v) is 5.67. The summed E-state index contributed by atoms with van der Waals surface area (Å²) in [5, 5.41) is 3.02. The van der Waals surface area contributed by atoms with Gasteiger partial charge in [-0.1, -0.05) is 24.4 Å². The van der Waals surface area contributed by atoms with Gasteiger partial charge in [0.15, 0.2) is 0 Å². The highest BCUT2D eigenvalue weighted by atomic mass is 35.5. The predicted octanol–water partition coefficient (Wildman–Crippen LogP) is 2.04. The molecule has 0 saturated carbocycles. The quantitative estimate of drug-likeness (QED) is 0.680. The van der Waals surface area contributed by atoms with Crippen LogP contribution >= 0.6 is 11.6 Å². The lowest BCUT2D eigenvalue weighted by Gasteiger charge is -2.29. The maximum Gasteiger partial charge on any atom is 0.243 e. The van der Waals surface area contributed by atoms with Crippen LogP contribution in [0.4, 0.5) is 5.69 Å². The van der Waals surface area contributed by atoms with Gasteiger partial charge in [-0.3, -0.25) is 14.5 Å². The van der Waals surface area contributed by atoms with E-state index in [9.17, 15) is 18.0 Å². The van der Waals surface area contributed by atoms with Crippen molar-refractivity contribution in [1.82, 2.24) is 9.21 Å². The number of hydrogen-bond acceptors (Lipinski definition) is 5. The number of halogens is 1. The number of rotatable bonds is 6. The van der Waals surface area contributed by atoms with E-state index >= 15 is 0 Å². The minimum atomic E-state index is -3.63. The minimum absolute atomic E-state index is 0.131. The average Bonchev–Trinajstić information content (AvgIpc) is 3.00. The Hall–Kier alpha value is -1.68. The molecule has 10 heteroatoms. The molecule has 0 atom stereocenters. The van der Waals surface area contributed by atoms with Gasteiger partial charge in [0, 0.05) is 19.0 Å². The Morgan fingerprint density at radius 1 is 1.07 bits per heavy atom. The van der Waals surface area contributed by atoms with E-state index in [2.05, 4.69) is 5.32 Å². The topological polar surface area (TPSA) is 113 Å². The standard InChI is InChI=1S/C20H29ClN4O4S/c21-17-6-5-16(30(28,29)25-9-3-1-2-4-10-25)13-18(17)23-19(26)14-24-11-7-15(8-12-24)20(22)27/h5-6,13,15H,1-4,7-12,14H2,(H2,22,27)(H,23,26). The Morgan fingerprint density at radius 3 is 2.30 bits per heavy atom. The molecule has 2 fully saturated rings. The summed E-state index contributed by atoms with van der Waals surface area (Å²) in [6, 6.07) is 4.41. The third kappa shape index (κ3) is 5.72. The summed E-state index contributed by atoms with van der Waals surface area (Å²) in [7, 11) is -3.63. The number of carbonyl (C=O) groups excluding carboxylic acids is 2. The number of nitrogens with one attached hydrogen (secondary N) is 1. The zero-order valence-corrected chi connectivity index (χ0v) is 18.6. The maximum atomic E-state index is 13.0. The van der Waals surface area contributed by atoms with E-state index in [1.54, 1.807) is 0 Å². The van der Waals surface area contributed by atoms with Gasteiger partial charge in [-0.05, 0) is 57.0 Å². The lowest BCUT2D eigenvalue weighted by atomic mass is 9.96. The molecular formula is C20H29ClN4O4S. The summed E-state index contributed by atoms with van der Waals surface area (Å²) in [5.41, 5.74) is 5.62. The number of nitrogens with zero attached hydrogens (tertiary/aromatic N) is 2. The zero-order chi connectivity index (χ0) is 21.7. The minimum Gasteiger partial charge on any atom is -0.369 e. The number of nitrogens with two attached hydrogens (primary N) is 1. The SMILES string of the molecule is NC(=O)C1CCN(CC(=O)Nc2cc(S(=O)(=O)N3CCCCCC3)ccc2Cl)CC1.